The Morgan fingerprint density at radius 2 is 1.70 bits per heavy atom. The van der Waals surface area contributed by atoms with Gasteiger partial charge in [-0.05, 0) is 73.5 Å². The Bertz CT molecular complexity index is 1180. The summed E-state index contributed by atoms with van der Waals surface area (Å²) in [5.41, 5.74) is 5.48. The minimum Gasteiger partial charge on any atom is -0.493 e. The van der Waals surface area contributed by atoms with Gasteiger partial charge in [0.15, 0.2) is 18.1 Å². The van der Waals surface area contributed by atoms with Gasteiger partial charge in [0.25, 0.3) is 5.91 Å². The maximum Gasteiger partial charge on any atom is 0.343 e. The predicted molar refractivity (Wildman–Crippen MR) is 127 cm³/mol. The molecule has 0 aliphatic carbocycles. The number of esters is 1. The Hall–Kier alpha value is -3.84. The van der Waals surface area contributed by atoms with Crippen LogP contribution in [-0.2, 0) is 4.79 Å². The van der Waals surface area contributed by atoms with E-state index in [-0.39, 0.29) is 12.4 Å². The van der Waals surface area contributed by atoms with E-state index in [1.165, 1.54) is 13.3 Å². The summed E-state index contributed by atoms with van der Waals surface area (Å²) in [4.78, 5) is 24.3. The largest absolute Gasteiger partial charge is 0.493 e. The molecule has 0 radical (unpaired) electrons. The molecule has 0 aromatic heterocycles. The summed E-state index contributed by atoms with van der Waals surface area (Å²) in [5.74, 6) is 0.300. The minimum atomic E-state index is -0.539. The number of ether oxygens (including phenoxy) is 3. The Morgan fingerprint density at radius 1 is 0.970 bits per heavy atom. The van der Waals surface area contributed by atoms with Gasteiger partial charge in [-0.1, -0.05) is 29.3 Å². The molecule has 3 aromatic carbocycles. The second-order valence-corrected chi connectivity index (χ2v) is 7.59. The van der Waals surface area contributed by atoms with Crippen molar-refractivity contribution in [2.75, 3.05) is 13.7 Å². The lowest BCUT2D eigenvalue weighted by molar-refractivity contribution is -0.123. The molecule has 0 saturated heterocycles. The average Bonchev–Trinajstić information content (AvgIpc) is 2.79. The number of carbonyl (C=O) groups is 2. The molecule has 3 aromatic rings. The van der Waals surface area contributed by atoms with Crippen LogP contribution in [0.1, 0.15) is 27.0 Å². The van der Waals surface area contributed by atoms with E-state index in [0.29, 0.717) is 27.6 Å². The maximum atomic E-state index is 12.3. The fraction of sp³-hybridized carbons (Fsp3) is 0.160. The molecule has 0 atom stereocenters. The first-order chi connectivity index (χ1) is 15.9. The number of nitrogens with zero attached hydrogens (tertiary/aromatic N) is 1. The molecule has 33 heavy (non-hydrogen) atoms. The van der Waals surface area contributed by atoms with Crippen LogP contribution in [0.25, 0.3) is 0 Å². The van der Waals surface area contributed by atoms with Crippen molar-refractivity contribution in [1.82, 2.24) is 5.43 Å². The normalized spacial score (nSPS) is 10.7. The highest BCUT2D eigenvalue weighted by atomic mass is 35.5. The third-order valence-electron chi connectivity index (χ3n) is 4.56. The van der Waals surface area contributed by atoms with Gasteiger partial charge in [-0.3, -0.25) is 4.79 Å². The van der Waals surface area contributed by atoms with Crippen molar-refractivity contribution in [2.24, 2.45) is 5.10 Å². The van der Waals surface area contributed by atoms with Crippen LogP contribution in [0.4, 0.5) is 0 Å². The number of hydrogen-bond donors (Lipinski definition) is 1. The monoisotopic (exact) mass is 466 g/mol. The summed E-state index contributed by atoms with van der Waals surface area (Å²) < 4.78 is 16.2. The molecule has 1 amide bonds. The molecular formula is C25H23ClN2O5. The molecule has 0 aliphatic rings. The van der Waals surface area contributed by atoms with Gasteiger partial charge >= 0.3 is 5.97 Å². The summed E-state index contributed by atoms with van der Waals surface area (Å²) >= 11 is 5.84. The van der Waals surface area contributed by atoms with Crippen molar-refractivity contribution in [2.45, 2.75) is 13.8 Å². The smallest absolute Gasteiger partial charge is 0.343 e. The number of hydrogen-bond acceptors (Lipinski definition) is 6. The van der Waals surface area contributed by atoms with E-state index in [1.807, 2.05) is 32.0 Å². The molecule has 3 rings (SSSR count). The van der Waals surface area contributed by atoms with Gasteiger partial charge in [-0.2, -0.15) is 5.10 Å². The number of halogens is 1. The van der Waals surface area contributed by atoms with Crippen LogP contribution in [0.15, 0.2) is 65.8 Å². The number of methoxy groups -OCH3 is 1. The molecule has 0 heterocycles. The Balaban J connectivity index is 1.56. The van der Waals surface area contributed by atoms with Crippen LogP contribution < -0.4 is 19.6 Å². The van der Waals surface area contributed by atoms with Crippen LogP contribution in [0.3, 0.4) is 0 Å². The zero-order chi connectivity index (χ0) is 23.8. The van der Waals surface area contributed by atoms with E-state index in [0.717, 1.165) is 11.1 Å². The molecular weight excluding hydrogens is 444 g/mol. The topological polar surface area (TPSA) is 86.2 Å². The van der Waals surface area contributed by atoms with Crippen molar-refractivity contribution in [1.29, 1.82) is 0 Å². The van der Waals surface area contributed by atoms with E-state index >= 15 is 0 Å². The zero-order valence-electron chi connectivity index (χ0n) is 18.4. The standard InChI is InChI=1S/C25H23ClN2O5/c1-16-4-10-21(17(2)12-16)32-15-24(29)28-27-14-18-5-11-22(23(13-18)31-3)33-25(30)19-6-8-20(26)9-7-19/h4-14H,15H2,1-3H3,(H,28,29)/b27-14+. The lowest BCUT2D eigenvalue weighted by atomic mass is 10.1. The van der Waals surface area contributed by atoms with Crippen LogP contribution in [-0.4, -0.2) is 31.8 Å². The van der Waals surface area contributed by atoms with Crippen molar-refractivity contribution in [3.63, 3.8) is 0 Å². The van der Waals surface area contributed by atoms with Gasteiger partial charge in [0.2, 0.25) is 0 Å². The van der Waals surface area contributed by atoms with Crippen LogP contribution in [0, 0.1) is 13.8 Å². The van der Waals surface area contributed by atoms with E-state index in [2.05, 4.69) is 10.5 Å². The number of benzene rings is 3. The fourth-order valence-corrected chi connectivity index (χ4v) is 3.04. The quantitative estimate of drug-likeness (QED) is 0.225. The van der Waals surface area contributed by atoms with Gasteiger partial charge in [-0.15, -0.1) is 0 Å². The molecule has 0 spiro atoms. The van der Waals surface area contributed by atoms with Crippen molar-refractivity contribution in [3.8, 4) is 17.2 Å². The highest BCUT2D eigenvalue weighted by molar-refractivity contribution is 6.30. The fourth-order valence-electron chi connectivity index (χ4n) is 2.91. The van der Waals surface area contributed by atoms with E-state index in [9.17, 15) is 9.59 Å². The van der Waals surface area contributed by atoms with Gasteiger partial charge in [0, 0.05) is 5.02 Å². The van der Waals surface area contributed by atoms with E-state index in [1.54, 1.807) is 42.5 Å². The predicted octanol–water partition coefficient (Wildman–Crippen LogP) is 4.71. The van der Waals surface area contributed by atoms with Crippen LogP contribution >= 0.6 is 11.6 Å². The van der Waals surface area contributed by atoms with E-state index in [4.69, 9.17) is 25.8 Å². The molecule has 0 fully saturated rings. The highest BCUT2D eigenvalue weighted by Gasteiger charge is 2.13. The van der Waals surface area contributed by atoms with Gasteiger partial charge in [0.1, 0.15) is 5.75 Å². The van der Waals surface area contributed by atoms with Crippen LogP contribution in [0.2, 0.25) is 5.02 Å². The van der Waals surface area contributed by atoms with Gasteiger partial charge in [0.05, 0.1) is 18.9 Å². The lowest BCUT2D eigenvalue weighted by Gasteiger charge is -2.10. The molecule has 0 unspecified atom stereocenters. The highest BCUT2D eigenvalue weighted by Crippen LogP contribution is 2.28. The number of amides is 1. The third-order valence-corrected chi connectivity index (χ3v) is 4.81. The summed E-state index contributed by atoms with van der Waals surface area (Å²) in [6.07, 6.45) is 1.45. The van der Waals surface area contributed by atoms with E-state index < -0.39 is 11.9 Å². The first kappa shape index (κ1) is 23.8. The molecule has 0 saturated carbocycles. The lowest BCUT2D eigenvalue weighted by Crippen LogP contribution is -2.24. The first-order valence-electron chi connectivity index (χ1n) is 10.0. The van der Waals surface area contributed by atoms with Crippen LogP contribution in [0.5, 0.6) is 17.2 Å². The summed E-state index contributed by atoms with van der Waals surface area (Å²) in [6, 6.07) is 17.0. The number of nitrogens with one attached hydrogen (secondary N) is 1. The molecule has 8 heteroatoms. The SMILES string of the molecule is COc1cc(/C=N/NC(=O)COc2ccc(C)cc2C)ccc1OC(=O)c1ccc(Cl)cc1. The summed E-state index contributed by atoms with van der Waals surface area (Å²) in [5, 5.41) is 4.46. The Morgan fingerprint density at radius 3 is 2.39 bits per heavy atom. The summed E-state index contributed by atoms with van der Waals surface area (Å²) in [7, 11) is 1.46. The van der Waals surface area contributed by atoms with Crippen molar-refractivity contribution >= 4 is 29.7 Å². The van der Waals surface area contributed by atoms with Crippen molar-refractivity contribution < 1.29 is 23.8 Å². The molecule has 7 nitrogen and oxygen atoms in total. The third kappa shape index (κ3) is 6.82. The second kappa shape index (κ2) is 11.2. The summed E-state index contributed by atoms with van der Waals surface area (Å²) in [6.45, 7) is 3.75. The first-order valence-corrected chi connectivity index (χ1v) is 10.4. The maximum absolute atomic E-state index is 12.3. The number of hydrazone groups is 1. The molecule has 0 bridgehead atoms. The average molecular weight is 467 g/mol. The minimum absolute atomic E-state index is 0.163. The number of aryl methyl sites for hydroxylation is 2. The molecule has 0 aliphatic heterocycles. The number of rotatable bonds is 8. The Kier molecular flexibility index (Phi) is 8.05. The van der Waals surface area contributed by atoms with Gasteiger partial charge < -0.3 is 14.2 Å². The van der Waals surface area contributed by atoms with Crippen molar-refractivity contribution in [3.05, 3.63) is 87.9 Å². The second-order valence-electron chi connectivity index (χ2n) is 7.16. The van der Waals surface area contributed by atoms with Gasteiger partial charge in [-0.25, -0.2) is 10.2 Å². The number of carbonyl (C=O) groups excluding carboxylic acids is 2. The molecule has 170 valence electrons. The Labute approximate surface area is 196 Å². The molecule has 1 N–H and O–H groups in total. The zero-order valence-corrected chi connectivity index (χ0v) is 19.2.